The molecule has 2 aliphatic carbocycles. The first-order chi connectivity index (χ1) is 6.84. The Morgan fingerprint density at radius 3 is 2.33 bits per heavy atom. The zero-order chi connectivity index (χ0) is 11.4. The van der Waals surface area contributed by atoms with Crippen LogP contribution >= 0.6 is 0 Å². The van der Waals surface area contributed by atoms with Crippen LogP contribution in [0.4, 0.5) is 0 Å². The van der Waals surface area contributed by atoms with Crippen molar-refractivity contribution >= 4 is 11.7 Å². The molecule has 1 amide bonds. The van der Waals surface area contributed by atoms with Gasteiger partial charge in [-0.1, -0.05) is 13.8 Å². The number of rotatable bonds is 1. The van der Waals surface area contributed by atoms with Gasteiger partial charge in [-0.3, -0.25) is 9.59 Å². The van der Waals surface area contributed by atoms with Crippen molar-refractivity contribution in [3.8, 4) is 0 Å². The van der Waals surface area contributed by atoms with Crippen LogP contribution < -0.4 is 0 Å². The number of carbonyl (C=O) groups excluding carboxylic acids is 2. The van der Waals surface area contributed by atoms with Crippen LogP contribution in [0.1, 0.15) is 33.1 Å². The van der Waals surface area contributed by atoms with Crippen molar-refractivity contribution in [3.05, 3.63) is 0 Å². The Balaban J connectivity index is 2.49. The fraction of sp³-hybridized carbons (Fsp3) is 0.833. The molecule has 0 aliphatic heterocycles. The molecule has 2 rings (SSSR count). The second-order valence-electron chi connectivity index (χ2n) is 5.69. The number of hydrogen-bond donors (Lipinski definition) is 0. The Morgan fingerprint density at radius 1 is 1.40 bits per heavy atom. The van der Waals surface area contributed by atoms with Gasteiger partial charge >= 0.3 is 0 Å². The van der Waals surface area contributed by atoms with Crippen LogP contribution in [0, 0.1) is 16.7 Å². The van der Waals surface area contributed by atoms with E-state index in [1.807, 2.05) is 0 Å². The van der Waals surface area contributed by atoms with E-state index < -0.39 is 5.41 Å². The topological polar surface area (TPSA) is 37.4 Å². The number of fused-ring (bicyclic) bond motifs is 2. The second kappa shape index (κ2) is 2.83. The molecule has 2 aliphatic rings. The van der Waals surface area contributed by atoms with Crippen LogP contribution in [-0.2, 0) is 9.59 Å². The molecule has 0 saturated heterocycles. The average Bonchev–Trinajstić information content (AvgIpc) is 2.49. The lowest BCUT2D eigenvalue weighted by atomic mass is 9.68. The van der Waals surface area contributed by atoms with Crippen molar-refractivity contribution in [1.29, 1.82) is 0 Å². The lowest BCUT2D eigenvalue weighted by Crippen LogP contribution is -2.49. The third-order valence-corrected chi connectivity index (χ3v) is 4.67. The minimum absolute atomic E-state index is 0.0116. The van der Waals surface area contributed by atoms with E-state index >= 15 is 0 Å². The van der Waals surface area contributed by atoms with E-state index in [0.29, 0.717) is 12.3 Å². The monoisotopic (exact) mass is 209 g/mol. The molecule has 0 aromatic carbocycles. The summed E-state index contributed by atoms with van der Waals surface area (Å²) < 4.78 is 0. The summed E-state index contributed by atoms with van der Waals surface area (Å²) in [5.41, 5.74) is -0.855. The molecular weight excluding hydrogens is 190 g/mol. The van der Waals surface area contributed by atoms with E-state index in [4.69, 9.17) is 0 Å². The van der Waals surface area contributed by atoms with Gasteiger partial charge in [-0.05, 0) is 24.2 Å². The largest absolute Gasteiger partial charge is 0.348 e. The lowest BCUT2D eigenvalue weighted by molar-refractivity contribution is -0.151. The number of amides is 1. The molecule has 0 N–H and O–H groups in total. The van der Waals surface area contributed by atoms with Gasteiger partial charge in [-0.25, -0.2) is 0 Å². The van der Waals surface area contributed by atoms with Crippen molar-refractivity contribution in [2.75, 3.05) is 14.1 Å². The Bertz CT molecular complexity index is 333. The SMILES string of the molecule is CN(C)C(=O)C12CCC(CC1=O)C2(C)C. The highest BCUT2D eigenvalue weighted by Gasteiger charge is 2.68. The molecule has 2 bridgehead atoms. The van der Waals surface area contributed by atoms with Crippen molar-refractivity contribution in [3.63, 3.8) is 0 Å². The molecule has 0 aromatic heterocycles. The molecule has 2 unspecified atom stereocenters. The standard InChI is InChI=1S/C12H19NO2/c1-11(2)8-5-6-12(11,9(14)7-8)10(15)13(3)4/h8H,5-7H2,1-4H3. The maximum absolute atomic E-state index is 12.3. The summed E-state index contributed by atoms with van der Waals surface area (Å²) in [5.74, 6) is 0.592. The fourth-order valence-electron chi connectivity index (χ4n) is 3.56. The van der Waals surface area contributed by atoms with Crippen LogP contribution in [0.5, 0.6) is 0 Å². The zero-order valence-corrected chi connectivity index (χ0v) is 9.96. The normalized spacial score (nSPS) is 37.1. The van der Waals surface area contributed by atoms with Gasteiger partial charge in [0, 0.05) is 20.5 Å². The van der Waals surface area contributed by atoms with Crippen LogP contribution in [0.25, 0.3) is 0 Å². The highest BCUT2D eigenvalue weighted by molar-refractivity contribution is 6.09. The zero-order valence-electron chi connectivity index (χ0n) is 9.96. The molecule has 2 fully saturated rings. The number of ketones is 1. The van der Waals surface area contributed by atoms with Crippen LogP contribution in [0.3, 0.4) is 0 Å². The number of hydrogen-bond acceptors (Lipinski definition) is 2. The van der Waals surface area contributed by atoms with Crippen molar-refractivity contribution < 1.29 is 9.59 Å². The minimum Gasteiger partial charge on any atom is -0.348 e. The fourth-order valence-corrected chi connectivity index (χ4v) is 3.56. The molecular formula is C12H19NO2. The van der Waals surface area contributed by atoms with Gasteiger partial charge in [0.2, 0.25) is 5.91 Å². The third-order valence-electron chi connectivity index (χ3n) is 4.67. The van der Waals surface area contributed by atoms with Crippen LogP contribution in [0.2, 0.25) is 0 Å². The van der Waals surface area contributed by atoms with Crippen LogP contribution in [-0.4, -0.2) is 30.7 Å². The summed E-state index contributed by atoms with van der Waals surface area (Å²) >= 11 is 0. The maximum atomic E-state index is 12.3. The Labute approximate surface area is 90.8 Å². The second-order valence-corrected chi connectivity index (χ2v) is 5.69. The summed E-state index contributed by atoms with van der Waals surface area (Å²) in [6, 6.07) is 0. The van der Waals surface area contributed by atoms with E-state index in [-0.39, 0.29) is 17.1 Å². The Hall–Kier alpha value is -0.860. The van der Waals surface area contributed by atoms with E-state index in [9.17, 15) is 9.59 Å². The Morgan fingerprint density at radius 2 is 2.00 bits per heavy atom. The molecule has 0 aromatic rings. The van der Waals surface area contributed by atoms with Gasteiger partial charge in [0.25, 0.3) is 0 Å². The minimum atomic E-state index is -0.707. The molecule has 0 heterocycles. The van der Waals surface area contributed by atoms with Crippen molar-refractivity contribution in [2.24, 2.45) is 16.7 Å². The molecule has 0 spiro atoms. The van der Waals surface area contributed by atoms with E-state index in [2.05, 4.69) is 13.8 Å². The maximum Gasteiger partial charge on any atom is 0.236 e. The van der Waals surface area contributed by atoms with E-state index in [1.165, 1.54) is 0 Å². The van der Waals surface area contributed by atoms with E-state index in [0.717, 1.165) is 12.8 Å². The third kappa shape index (κ3) is 1.01. The van der Waals surface area contributed by atoms with Crippen molar-refractivity contribution in [2.45, 2.75) is 33.1 Å². The quantitative estimate of drug-likeness (QED) is 0.613. The predicted octanol–water partition coefficient (Wildman–Crippen LogP) is 1.47. The molecule has 15 heavy (non-hydrogen) atoms. The molecule has 0 radical (unpaired) electrons. The summed E-state index contributed by atoms with van der Waals surface area (Å²) in [7, 11) is 3.48. The average molecular weight is 209 g/mol. The molecule has 3 heteroatoms. The summed E-state index contributed by atoms with van der Waals surface area (Å²) in [6.45, 7) is 4.16. The van der Waals surface area contributed by atoms with Gasteiger partial charge in [-0.2, -0.15) is 0 Å². The highest BCUT2D eigenvalue weighted by atomic mass is 16.2. The number of carbonyl (C=O) groups is 2. The smallest absolute Gasteiger partial charge is 0.236 e. The summed E-state index contributed by atoms with van der Waals surface area (Å²) in [6.07, 6.45) is 2.38. The molecule has 2 saturated carbocycles. The number of nitrogens with zero attached hydrogens (tertiary/aromatic N) is 1. The lowest BCUT2D eigenvalue weighted by Gasteiger charge is -2.36. The van der Waals surface area contributed by atoms with Gasteiger partial charge in [-0.15, -0.1) is 0 Å². The molecule has 3 nitrogen and oxygen atoms in total. The number of Topliss-reactive ketones (excluding diaryl/α,β-unsaturated/α-hetero) is 1. The molecule has 84 valence electrons. The van der Waals surface area contributed by atoms with Gasteiger partial charge < -0.3 is 4.90 Å². The van der Waals surface area contributed by atoms with Gasteiger partial charge in [0.15, 0.2) is 0 Å². The van der Waals surface area contributed by atoms with Gasteiger partial charge in [0.1, 0.15) is 11.2 Å². The first-order valence-electron chi connectivity index (χ1n) is 5.59. The summed E-state index contributed by atoms with van der Waals surface area (Å²) in [5, 5.41) is 0. The predicted molar refractivity (Wildman–Crippen MR) is 57.3 cm³/mol. The first kappa shape index (κ1) is 10.7. The van der Waals surface area contributed by atoms with Gasteiger partial charge in [0.05, 0.1) is 0 Å². The van der Waals surface area contributed by atoms with Crippen molar-refractivity contribution in [1.82, 2.24) is 4.90 Å². The van der Waals surface area contributed by atoms with E-state index in [1.54, 1.807) is 19.0 Å². The highest BCUT2D eigenvalue weighted by Crippen LogP contribution is 2.64. The first-order valence-corrected chi connectivity index (χ1v) is 5.59. The summed E-state index contributed by atoms with van der Waals surface area (Å²) in [4.78, 5) is 25.9. The molecule has 2 atom stereocenters. The Kier molecular flexibility index (Phi) is 2.01. The van der Waals surface area contributed by atoms with Crippen LogP contribution in [0.15, 0.2) is 0 Å².